The van der Waals surface area contributed by atoms with Gasteiger partial charge in [0.2, 0.25) is 10.0 Å². The zero-order chi connectivity index (χ0) is 14.8. The van der Waals surface area contributed by atoms with E-state index in [9.17, 15) is 8.42 Å². The molecule has 0 saturated carbocycles. The number of benzene rings is 1. The Kier molecular flexibility index (Phi) is 4.84. The first-order valence-corrected chi connectivity index (χ1v) is 8.68. The van der Waals surface area contributed by atoms with Gasteiger partial charge < -0.3 is 5.73 Å². The normalized spacial score (nSPS) is 11.7. The molecule has 0 spiro atoms. The zero-order valence-electron chi connectivity index (χ0n) is 10.3. The Hall–Kier alpha value is -0.900. The van der Waals surface area contributed by atoms with Crippen molar-refractivity contribution < 1.29 is 8.42 Å². The van der Waals surface area contributed by atoms with Gasteiger partial charge in [0.05, 0.1) is 6.54 Å². The van der Waals surface area contributed by atoms with Crippen molar-refractivity contribution >= 4 is 47.6 Å². The van der Waals surface area contributed by atoms with Crippen LogP contribution in [0.15, 0.2) is 44.4 Å². The highest BCUT2D eigenvalue weighted by Crippen LogP contribution is 2.32. The lowest BCUT2D eigenvalue weighted by Gasteiger charge is -2.11. The first kappa shape index (κ1) is 15.5. The fourth-order valence-corrected chi connectivity index (χ4v) is 5.27. The molecule has 20 heavy (non-hydrogen) atoms. The number of halogens is 2. The summed E-state index contributed by atoms with van der Waals surface area (Å²) in [6, 6.07) is 4.88. The van der Waals surface area contributed by atoms with Crippen molar-refractivity contribution in [2.75, 3.05) is 12.3 Å². The number of hydrogen-bond donors (Lipinski definition) is 2. The summed E-state index contributed by atoms with van der Waals surface area (Å²) >= 11 is 6.44. The van der Waals surface area contributed by atoms with E-state index in [4.69, 9.17) is 5.73 Å². The molecule has 0 unspecified atom stereocenters. The van der Waals surface area contributed by atoms with Crippen LogP contribution >= 0.6 is 31.9 Å². The molecule has 1 aromatic carbocycles. The summed E-state index contributed by atoms with van der Waals surface area (Å²) < 4.78 is 29.5. The summed E-state index contributed by atoms with van der Waals surface area (Å²) in [6.07, 6.45) is 3.41. The minimum Gasteiger partial charge on any atom is -0.399 e. The van der Waals surface area contributed by atoms with E-state index in [0.717, 1.165) is 0 Å². The van der Waals surface area contributed by atoms with Crippen LogP contribution in [0.1, 0.15) is 0 Å². The van der Waals surface area contributed by atoms with Crippen molar-refractivity contribution in [1.29, 1.82) is 0 Å². The van der Waals surface area contributed by atoms with E-state index in [2.05, 4.69) is 41.7 Å². The highest BCUT2D eigenvalue weighted by atomic mass is 79.9. The van der Waals surface area contributed by atoms with Crippen molar-refractivity contribution in [1.82, 2.24) is 14.5 Å². The maximum Gasteiger partial charge on any atom is 0.242 e. The monoisotopic (exact) mass is 422 g/mol. The van der Waals surface area contributed by atoms with Gasteiger partial charge in [0.25, 0.3) is 0 Å². The largest absolute Gasteiger partial charge is 0.399 e. The summed E-state index contributed by atoms with van der Waals surface area (Å²) in [5.74, 6) is 0. The van der Waals surface area contributed by atoms with Gasteiger partial charge in [-0.15, -0.1) is 0 Å². The summed E-state index contributed by atoms with van der Waals surface area (Å²) in [7, 11) is -3.63. The van der Waals surface area contributed by atoms with Crippen molar-refractivity contribution in [3.63, 3.8) is 0 Å². The van der Waals surface area contributed by atoms with Crippen molar-refractivity contribution in [2.45, 2.75) is 11.4 Å². The molecule has 3 N–H and O–H groups in total. The molecule has 6 nitrogen and oxygen atoms in total. The highest BCUT2D eigenvalue weighted by Gasteiger charge is 2.21. The van der Waals surface area contributed by atoms with Crippen LogP contribution in [0.3, 0.4) is 0 Å². The molecule has 0 bridgehead atoms. The van der Waals surface area contributed by atoms with Gasteiger partial charge in [0.1, 0.15) is 4.90 Å². The molecular weight excluding hydrogens is 412 g/mol. The van der Waals surface area contributed by atoms with Gasteiger partial charge in [-0.1, -0.05) is 0 Å². The number of rotatable bonds is 5. The van der Waals surface area contributed by atoms with Crippen LogP contribution in [-0.2, 0) is 16.6 Å². The molecule has 0 atom stereocenters. The van der Waals surface area contributed by atoms with Gasteiger partial charge in [-0.05, 0) is 50.1 Å². The summed E-state index contributed by atoms with van der Waals surface area (Å²) in [4.78, 5) is 0.132. The number of anilines is 1. The molecule has 0 aliphatic heterocycles. The van der Waals surface area contributed by atoms with Gasteiger partial charge in [-0.25, -0.2) is 13.1 Å². The minimum absolute atomic E-state index is 0.132. The number of sulfonamides is 1. The second kappa shape index (κ2) is 6.25. The smallest absolute Gasteiger partial charge is 0.242 e. The maximum atomic E-state index is 12.3. The van der Waals surface area contributed by atoms with E-state index >= 15 is 0 Å². The van der Waals surface area contributed by atoms with Gasteiger partial charge in [0, 0.05) is 33.6 Å². The Morgan fingerprint density at radius 3 is 2.50 bits per heavy atom. The molecule has 1 heterocycles. The molecule has 9 heteroatoms. The first-order valence-electron chi connectivity index (χ1n) is 5.62. The molecule has 2 rings (SSSR count). The second-order valence-electron chi connectivity index (χ2n) is 3.98. The third-order valence-electron chi connectivity index (χ3n) is 2.48. The van der Waals surface area contributed by atoms with E-state index < -0.39 is 10.0 Å². The third kappa shape index (κ3) is 3.60. The van der Waals surface area contributed by atoms with Crippen LogP contribution in [0.4, 0.5) is 5.69 Å². The van der Waals surface area contributed by atoms with Crippen LogP contribution < -0.4 is 10.5 Å². The third-order valence-corrected chi connectivity index (χ3v) is 5.82. The van der Waals surface area contributed by atoms with Gasteiger partial charge in [0.15, 0.2) is 0 Å². The molecule has 1 aromatic heterocycles. The first-order chi connectivity index (χ1) is 9.40. The van der Waals surface area contributed by atoms with Crippen LogP contribution in [0.25, 0.3) is 0 Å². The predicted octanol–water partition coefficient (Wildman–Crippen LogP) is 1.97. The Morgan fingerprint density at radius 2 is 1.95 bits per heavy atom. The molecule has 108 valence electrons. The predicted molar refractivity (Wildman–Crippen MR) is 83.7 cm³/mol. The van der Waals surface area contributed by atoms with Gasteiger partial charge in [-0.3, -0.25) is 4.68 Å². The number of nitrogens with zero attached hydrogens (tertiary/aromatic N) is 2. The SMILES string of the molecule is Nc1cc(Br)c(S(=O)(=O)NCCn2cccn2)c(Br)c1. The fourth-order valence-electron chi connectivity index (χ4n) is 1.64. The lowest BCUT2D eigenvalue weighted by molar-refractivity contribution is 0.560. The topological polar surface area (TPSA) is 90.0 Å². The van der Waals surface area contributed by atoms with Crippen molar-refractivity contribution in [3.05, 3.63) is 39.5 Å². The number of nitrogens with one attached hydrogen (secondary N) is 1. The maximum absolute atomic E-state index is 12.3. The van der Waals surface area contributed by atoms with Crippen LogP contribution in [0.2, 0.25) is 0 Å². The standard InChI is InChI=1S/C11H12Br2N4O2S/c12-9-6-8(14)7-10(13)11(9)20(18,19)16-3-5-17-4-1-2-15-17/h1-2,4,6-7,16H,3,5,14H2. The quantitative estimate of drug-likeness (QED) is 0.719. The lowest BCUT2D eigenvalue weighted by Crippen LogP contribution is -2.28. The van der Waals surface area contributed by atoms with Gasteiger partial charge >= 0.3 is 0 Å². The summed E-state index contributed by atoms with van der Waals surface area (Å²) in [5, 5.41) is 4.00. The van der Waals surface area contributed by atoms with E-state index in [1.54, 1.807) is 35.3 Å². The molecule has 0 radical (unpaired) electrons. The van der Waals surface area contributed by atoms with E-state index in [1.807, 2.05) is 0 Å². The lowest BCUT2D eigenvalue weighted by atomic mass is 10.3. The number of nitrogens with two attached hydrogens (primary N) is 1. The summed E-state index contributed by atoms with van der Waals surface area (Å²) in [6.45, 7) is 0.698. The van der Waals surface area contributed by atoms with Crippen molar-refractivity contribution in [2.24, 2.45) is 0 Å². The Balaban J connectivity index is 2.14. The second-order valence-corrected chi connectivity index (χ2v) is 7.39. The fraction of sp³-hybridized carbons (Fsp3) is 0.182. The zero-order valence-corrected chi connectivity index (χ0v) is 14.2. The Bertz CT molecular complexity index is 678. The molecule has 2 aromatic rings. The van der Waals surface area contributed by atoms with Crippen LogP contribution in [0.5, 0.6) is 0 Å². The van der Waals surface area contributed by atoms with E-state index in [0.29, 0.717) is 21.2 Å². The average molecular weight is 424 g/mol. The van der Waals surface area contributed by atoms with E-state index in [-0.39, 0.29) is 11.4 Å². The molecular formula is C11H12Br2N4O2S. The summed E-state index contributed by atoms with van der Waals surface area (Å²) in [5.41, 5.74) is 6.12. The van der Waals surface area contributed by atoms with Crippen LogP contribution in [0, 0.1) is 0 Å². The van der Waals surface area contributed by atoms with Crippen LogP contribution in [-0.4, -0.2) is 24.7 Å². The minimum atomic E-state index is -3.63. The number of hydrogen-bond acceptors (Lipinski definition) is 4. The highest BCUT2D eigenvalue weighted by molar-refractivity contribution is 9.11. The molecule has 0 aliphatic carbocycles. The average Bonchev–Trinajstić information content (AvgIpc) is 2.79. The van der Waals surface area contributed by atoms with E-state index in [1.165, 1.54) is 0 Å². The number of aromatic nitrogens is 2. The number of nitrogen functional groups attached to an aromatic ring is 1. The molecule has 0 aliphatic rings. The Labute approximate surface area is 133 Å². The van der Waals surface area contributed by atoms with Crippen molar-refractivity contribution in [3.8, 4) is 0 Å². The molecule has 0 fully saturated rings. The van der Waals surface area contributed by atoms with Gasteiger partial charge in [-0.2, -0.15) is 5.10 Å². The molecule has 0 saturated heterocycles. The molecule has 0 amide bonds. The Morgan fingerprint density at radius 1 is 1.30 bits per heavy atom.